The maximum atomic E-state index is 13.7. The minimum absolute atomic E-state index is 0.220. The molecule has 4 aliphatic rings. The molecule has 41 heavy (non-hydrogen) atoms. The van der Waals surface area contributed by atoms with Gasteiger partial charge in [-0.15, -0.1) is 0 Å². The topological polar surface area (TPSA) is 69.0 Å². The number of hydrogen-bond donors (Lipinski definition) is 3. The molecule has 3 heterocycles. The number of halogens is 2. The van der Waals surface area contributed by atoms with E-state index in [-0.39, 0.29) is 25.3 Å². The second-order valence-electron chi connectivity index (χ2n) is 13.4. The van der Waals surface area contributed by atoms with Crippen LogP contribution in [0.1, 0.15) is 79.1 Å². The SMILES string of the molecule is C=C(NC(N[C@H](C)C1CCN(C(C)C)CC1)C1=C(N)C=C(CCCCN2CCCC2)[C@](C)(OC)C1)N1CC(F)(F)C1. The number of alkyl halides is 2. The molecular weight excluding hydrogens is 522 g/mol. The molecule has 7 nitrogen and oxygen atoms in total. The highest BCUT2D eigenvalue weighted by Crippen LogP contribution is 2.38. The summed E-state index contributed by atoms with van der Waals surface area (Å²) in [6, 6.07) is 0.782. The van der Waals surface area contributed by atoms with Crippen molar-refractivity contribution in [2.24, 2.45) is 11.7 Å². The van der Waals surface area contributed by atoms with Crippen molar-refractivity contribution < 1.29 is 13.5 Å². The van der Waals surface area contributed by atoms with E-state index in [9.17, 15) is 8.78 Å². The highest BCUT2D eigenvalue weighted by molar-refractivity contribution is 5.40. The fourth-order valence-electron chi connectivity index (χ4n) is 7.00. The van der Waals surface area contributed by atoms with E-state index in [1.54, 1.807) is 12.0 Å². The first-order chi connectivity index (χ1) is 19.4. The van der Waals surface area contributed by atoms with Crippen molar-refractivity contribution in [1.29, 1.82) is 0 Å². The summed E-state index contributed by atoms with van der Waals surface area (Å²) in [6.07, 6.45) is 10.6. The van der Waals surface area contributed by atoms with E-state index in [2.05, 4.69) is 60.8 Å². The molecule has 1 unspecified atom stereocenters. The van der Waals surface area contributed by atoms with Crippen LogP contribution in [0.5, 0.6) is 0 Å². The number of methoxy groups -OCH3 is 1. The van der Waals surface area contributed by atoms with Crippen molar-refractivity contribution in [3.05, 3.63) is 35.3 Å². The lowest BCUT2D eigenvalue weighted by Crippen LogP contribution is -2.60. The Balaban J connectivity index is 1.47. The van der Waals surface area contributed by atoms with Gasteiger partial charge in [0.15, 0.2) is 0 Å². The van der Waals surface area contributed by atoms with Gasteiger partial charge in [0.05, 0.1) is 24.5 Å². The Morgan fingerprint density at radius 3 is 2.37 bits per heavy atom. The van der Waals surface area contributed by atoms with Gasteiger partial charge in [-0.2, -0.15) is 0 Å². The predicted molar refractivity (Wildman–Crippen MR) is 163 cm³/mol. The van der Waals surface area contributed by atoms with E-state index in [1.807, 2.05) is 0 Å². The number of rotatable bonds is 14. The fourth-order valence-corrected chi connectivity index (χ4v) is 7.00. The van der Waals surface area contributed by atoms with Crippen molar-refractivity contribution in [1.82, 2.24) is 25.3 Å². The monoisotopic (exact) mass is 578 g/mol. The van der Waals surface area contributed by atoms with Crippen molar-refractivity contribution in [2.45, 2.75) is 109 Å². The van der Waals surface area contributed by atoms with Gasteiger partial charge in [0, 0.05) is 31.3 Å². The highest BCUT2D eigenvalue weighted by atomic mass is 19.3. The highest BCUT2D eigenvalue weighted by Gasteiger charge is 2.45. The third kappa shape index (κ3) is 8.24. The van der Waals surface area contributed by atoms with Crippen molar-refractivity contribution in [3.63, 3.8) is 0 Å². The van der Waals surface area contributed by atoms with Gasteiger partial charge in [-0.3, -0.25) is 5.32 Å². The normalized spacial score (nSPS) is 27.6. The van der Waals surface area contributed by atoms with Crippen LogP contribution in [0, 0.1) is 5.92 Å². The maximum Gasteiger partial charge on any atom is 0.282 e. The van der Waals surface area contributed by atoms with E-state index < -0.39 is 11.5 Å². The largest absolute Gasteiger partial charge is 0.399 e. The molecule has 0 aromatic heterocycles. The van der Waals surface area contributed by atoms with Gasteiger partial charge in [-0.05, 0) is 129 Å². The van der Waals surface area contributed by atoms with Gasteiger partial charge in [0.2, 0.25) is 0 Å². The zero-order valence-electron chi connectivity index (χ0n) is 26.3. The molecule has 9 heteroatoms. The molecule has 0 bridgehead atoms. The first-order valence-electron chi connectivity index (χ1n) is 16.0. The smallest absolute Gasteiger partial charge is 0.282 e. The maximum absolute atomic E-state index is 13.7. The van der Waals surface area contributed by atoms with Gasteiger partial charge in [-0.25, -0.2) is 8.78 Å². The van der Waals surface area contributed by atoms with E-state index >= 15 is 0 Å². The molecule has 0 amide bonds. The van der Waals surface area contributed by atoms with Crippen LogP contribution in [0.2, 0.25) is 0 Å². The molecule has 4 N–H and O–H groups in total. The van der Waals surface area contributed by atoms with Gasteiger partial charge < -0.3 is 30.5 Å². The summed E-state index contributed by atoms with van der Waals surface area (Å²) in [5, 5.41) is 7.28. The van der Waals surface area contributed by atoms with Gasteiger partial charge >= 0.3 is 0 Å². The number of piperidine rings is 1. The molecule has 3 fully saturated rings. The van der Waals surface area contributed by atoms with E-state index in [1.165, 1.54) is 37.9 Å². The predicted octanol–water partition coefficient (Wildman–Crippen LogP) is 4.64. The number of ether oxygens (including phenoxy) is 1. The molecule has 0 aromatic rings. The van der Waals surface area contributed by atoms with Crippen LogP contribution in [0.15, 0.2) is 35.3 Å². The summed E-state index contributed by atoms with van der Waals surface area (Å²) in [7, 11) is 1.78. The molecule has 0 aromatic carbocycles. The fraction of sp³-hybridized carbons (Fsp3) is 0.812. The molecule has 3 aliphatic heterocycles. The summed E-state index contributed by atoms with van der Waals surface area (Å²) < 4.78 is 33.5. The van der Waals surface area contributed by atoms with Crippen LogP contribution in [-0.2, 0) is 4.74 Å². The first-order valence-corrected chi connectivity index (χ1v) is 16.0. The number of nitrogens with two attached hydrogens (primary N) is 1. The molecule has 234 valence electrons. The van der Waals surface area contributed by atoms with Crippen LogP contribution >= 0.6 is 0 Å². The Kier molecular flexibility index (Phi) is 10.8. The molecule has 0 radical (unpaired) electrons. The quantitative estimate of drug-likeness (QED) is 0.205. The average Bonchev–Trinajstić information content (AvgIpc) is 3.44. The second kappa shape index (κ2) is 13.7. The molecule has 4 rings (SSSR count). The minimum atomic E-state index is -2.66. The van der Waals surface area contributed by atoms with Crippen LogP contribution in [0.3, 0.4) is 0 Å². The minimum Gasteiger partial charge on any atom is -0.399 e. The van der Waals surface area contributed by atoms with Crippen LogP contribution < -0.4 is 16.4 Å². The van der Waals surface area contributed by atoms with Crippen LogP contribution in [0.4, 0.5) is 8.78 Å². The third-order valence-corrected chi connectivity index (χ3v) is 10.1. The lowest BCUT2D eigenvalue weighted by molar-refractivity contribution is -0.118. The molecule has 3 saturated heterocycles. The van der Waals surface area contributed by atoms with Crippen LogP contribution in [-0.4, -0.2) is 97.4 Å². The summed E-state index contributed by atoms with van der Waals surface area (Å²) in [4.78, 5) is 6.71. The standard InChI is InChI=1S/C32H56F2N6O/c1-23(2)39-17-12-26(13-18-39)24(3)36-30(37-25(4)40-21-32(33,34)22-40)28-20-31(5,41-6)27(19-29(28)35)11-7-8-14-38-15-9-10-16-38/h19,23-24,26,30,36-37H,4,7-18,20-22,35H2,1-3,5-6H3/t24-,30?,31-/m1/s1. The summed E-state index contributed by atoms with van der Waals surface area (Å²) in [5.74, 6) is -1.63. The number of likely N-dealkylation sites (tertiary alicyclic amines) is 3. The average molecular weight is 579 g/mol. The van der Waals surface area contributed by atoms with Gasteiger partial charge in [0.25, 0.3) is 5.92 Å². The number of allylic oxidation sites excluding steroid dienone is 1. The van der Waals surface area contributed by atoms with Gasteiger partial charge in [0.1, 0.15) is 6.17 Å². The Morgan fingerprint density at radius 1 is 1.12 bits per heavy atom. The molecular formula is C32H56F2N6O. The summed E-state index contributed by atoms with van der Waals surface area (Å²) in [6.45, 7) is 18.2. The van der Waals surface area contributed by atoms with E-state index in [0.717, 1.165) is 56.6 Å². The summed E-state index contributed by atoms with van der Waals surface area (Å²) in [5.41, 5.74) is 9.30. The van der Waals surface area contributed by atoms with Crippen molar-refractivity contribution in [2.75, 3.05) is 52.9 Å². The number of unbranched alkanes of at least 4 members (excludes halogenated alkanes) is 1. The molecule has 3 atom stereocenters. The first kappa shape index (κ1) is 32.2. The number of nitrogens with one attached hydrogen (secondary N) is 2. The second-order valence-corrected chi connectivity index (χ2v) is 13.4. The number of hydrogen-bond acceptors (Lipinski definition) is 7. The Hall–Kier alpha value is -1.68. The Labute approximate surface area is 247 Å². The zero-order valence-corrected chi connectivity index (χ0v) is 26.3. The van der Waals surface area contributed by atoms with Crippen LogP contribution in [0.25, 0.3) is 0 Å². The zero-order chi connectivity index (χ0) is 29.8. The lowest BCUT2D eigenvalue weighted by atomic mass is 9.79. The third-order valence-electron chi connectivity index (χ3n) is 10.1. The molecule has 1 aliphatic carbocycles. The molecule has 0 saturated carbocycles. The van der Waals surface area contributed by atoms with Crippen molar-refractivity contribution in [3.8, 4) is 0 Å². The van der Waals surface area contributed by atoms with Crippen molar-refractivity contribution >= 4 is 0 Å². The summed E-state index contributed by atoms with van der Waals surface area (Å²) >= 11 is 0. The van der Waals surface area contributed by atoms with Gasteiger partial charge in [-0.1, -0.05) is 6.58 Å². The number of nitrogens with zero attached hydrogens (tertiary/aromatic N) is 3. The lowest BCUT2D eigenvalue weighted by Gasteiger charge is -2.45. The molecule has 0 spiro atoms. The van der Waals surface area contributed by atoms with E-state index in [4.69, 9.17) is 10.5 Å². The Bertz CT molecular complexity index is 946. The Morgan fingerprint density at radius 2 is 1.78 bits per heavy atom. The van der Waals surface area contributed by atoms with E-state index in [0.29, 0.717) is 24.2 Å².